The number of carbonyl (C=O) groups is 2. The summed E-state index contributed by atoms with van der Waals surface area (Å²) in [4.78, 5) is 35.6. The van der Waals surface area contributed by atoms with E-state index < -0.39 is 12.1 Å². The molecule has 1 saturated carbocycles. The Labute approximate surface area is 212 Å². The van der Waals surface area contributed by atoms with E-state index in [4.69, 9.17) is 0 Å². The van der Waals surface area contributed by atoms with E-state index in [0.717, 1.165) is 57.2 Å². The van der Waals surface area contributed by atoms with E-state index >= 15 is 0 Å². The molecular weight excluding hydrogens is 452 g/mol. The maximum Gasteiger partial charge on any atom is 0.251 e. The fraction of sp³-hybridized carbons (Fsp3) is 0.500. The van der Waals surface area contributed by atoms with Crippen molar-refractivity contribution in [3.05, 3.63) is 53.9 Å². The van der Waals surface area contributed by atoms with Gasteiger partial charge in [-0.3, -0.25) is 24.4 Å². The predicted molar refractivity (Wildman–Crippen MR) is 138 cm³/mol. The maximum absolute atomic E-state index is 14.2. The zero-order valence-electron chi connectivity index (χ0n) is 20.7. The van der Waals surface area contributed by atoms with E-state index in [-0.39, 0.29) is 17.9 Å². The van der Waals surface area contributed by atoms with Crippen LogP contribution >= 0.6 is 0 Å². The highest BCUT2D eigenvalue weighted by Crippen LogP contribution is 2.35. The number of hydrogen-bond donors (Lipinski definition) is 2. The van der Waals surface area contributed by atoms with Gasteiger partial charge in [0.15, 0.2) is 6.19 Å². The van der Waals surface area contributed by atoms with Crippen LogP contribution in [0.15, 0.2) is 42.7 Å². The monoisotopic (exact) mass is 486 g/mol. The first-order valence-corrected chi connectivity index (χ1v) is 13.2. The summed E-state index contributed by atoms with van der Waals surface area (Å²) in [5, 5.41) is 16.4. The lowest BCUT2D eigenvalue weighted by Crippen LogP contribution is -2.51. The van der Waals surface area contributed by atoms with E-state index in [2.05, 4.69) is 21.8 Å². The summed E-state index contributed by atoms with van der Waals surface area (Å²) in [5.74, 6) is -0.423. The number of nitriles is 1. The number of nitrogens with zero attached hydrogens (tertiary/aromatic N) is 4. The molecule has 1 unspecified atom stereocenters. The normalized spacial score (nSPS) is 20.5. The van der Waals surface area contributed by atoms with Crippen LogP contribution in [0, 0.1) is 11.5 Å². The van der Waals surface area contributed by atoms with E-state index in [0.29, 0.717) is 24.2 Å². The minimum atomic E-state index is -0.879. The smallest absolute Gasteiger partial charge is 0.251 e. The van der Waals surface area contributed by atoms with Crippen LogP contribution in [0.1, 0.15) is 68.5 Å². The summed E-state index contributed by atoms with van der Waals surface area (Å²) in [6.07, 6.45) is 14.2. The summed E-state index contributed by atoms with van der Waals surface area (Å²) in [7, 11) is 0. The second-order valence-electron chi connectivity index (χ2n) is 10.1. The van der Waals surface area contributed by atoms with Crippen molar-refractivity contribution in [3.63, 3.8) is 0 Å². The van der Waals surface area contributed by atoms with Gasteiger partial charge in [0, 0.05) is 48.5 Å². The predicted octanol–water partition coefficient (Wildman–Crippen LogP) is 3.91. The number of likely N-dealkylation sites (tertiary alicyclic amines) is 1. The van der Waals surface area contributed by atoms with Gasteiger partial charge in [-0.05, 0) is 62.3 Å². The minimum absolute atomic E-state index is 0.106. The molecule has 5 rings (SSSR count). The Bertz CT molecular complexity index is 1120. The molecule has 1 aromatic heterocycles. The molecule has 2 aliphatic heterocycles. The fourth-order valence-electron chi connectivity index (χ4n) is 5.79. The Hall–Kier alpha value is -3.60. The number of aryl methyl sites for hydroxylation is 1. The molecule has 2 atom stereocenters. The van der Waals surface area contributed by atoms with Gasteiger partial charge in [-0.15, -0.1) is 0 Å². The average molecular weight is 487 g/mol. The quantitative estimate of drug-likeness (QED) is 0.601. The van der Waals surface area contributed by atoms with E-state index in [1.165, 1.54) is 12.0 Å². The van der Waals surface area contributed by atoms with Crippen molar-refractivity contribution in [1.29, 1.82) is 5.26 Å². The van der Waals surface area contributed by atoms with Crippen LogP contribution in [0.4, 0.5) is 11.4 Å². The van der Waals surface area contributed by atoms with Gasteiger partial charge in [0.2, 0.25) is 5.91 Å². The van der Waals surface area contributed by atoms with Gasteiger partial charge < -0.3 is 10.6 Å². The number of amides is 2. The molecular formula is C28H34N6O2. The van der Waals surface area contributed by atoms with Gasteiger partial charge in [-0.25, -0.2) is 0 Å². The van der Waals surface area contributed by atoms with Crippen molar-refractivity contribution in [2.45, 2.75) is 75.9 Å². The Morgan fingerprint density at radius 2 is 2.00 bits per heavy atom. The molecule has 188 valence electrons. The van der Waals surface area contributed by atoms with Gasteiger partial charge in [-0.1, -0.05) is 31.4 Å². The van der Waals surface area contributed by atoms with Crippen molar-refractivity contribution in [3.8, 4) is 6.19 Å². The second-order valence-corrected chi connectivity index (χ2v) is 10.1. The standard InChI is InChI=1S/C28H34N6O2/c29-19-33-16-6-11-25(33)28(36)34(23-13-12-20-7-5-15-31-24(20)17-23)26(21-8-4-14-30-18-21)27(35)32-22-9-2-1-3-10-22/h4,8,12-14,17-18,22,25-26,31H,1-3,5-7,9-11,15-16H2,(H,32,35)/t25-,26?/m1/s1. The third kappa shape index (κ3) is 5.01. The summed E-state index contributed by atoms with van der Waals surface area (Å²) >= 11 is 0. The summed E-state index contributed by atoms with van der Waals surface area (Å²) in [5.41, 5.74) is 3.52. The Morgan fingerprint density at radius 1 is 1.14 bits per heavy atom. The first-order valence-electron chi connectivity index (χ1n) is 13.2. The number of fused-ring (bicyclic) bond motifs is 1. The molecule has 2 aromatic rings. The van der Waals surface area contributed by atoms with Gasteiger partial charge in [0.1, 0.15) is 12.1 Å². The molecule has 0 spiro atoms. The van der Waals surface area contributed by atoms with Crippen LogP contribution < -0.4 is 15.5 Å². The van der Waals surface area contributed by atoms with E-state index in [1.54, 1.807) is 28.3 Å². The van der Waals surface area contributed by atoms with Gasteiger partial charge >= 0.3 is 0 Å². The highest BCUT2D eigenvalue weighted by molar-refractivity contribution is 6.04. The molecule has 2 N–H and O–H groups in total. The zero-order valence-corrected chi connectivity index (χ0v) is 20.7. The fourth-order valence-corrected chi connectivity index (χ4v) is 5.79. The SMILES string of the molecule is N#CN1CCC[C@@H]1C(=O)N(c1ccc2c(c1)NCCC2)C(C(=O)NC1CCCCC1)c1cccnc1. The van der Waals surface area contributed by atoms with Crippen LogP contribution in [0.5, 0.6) is 0 Å². The molecule has 3 aliphatic rings. The second kappa shape index (κ2) is 11.0. The molecule has 8 heteroatoms. The van der Waals surface area contributed by atoms with Crippen molar-refractivity contribution < 1.29 is 9.59 Å². The highest BCUT2D eigenvalue weighted by atomic mass is 16.2. The first kappa shape index (κ1) is 24.1. The third-order valence-electron chi connectivity index (χ3n) is 7.67. The molecule has 0 radical (unpaired) electrons. The number of benzene rings is 1. The van der Waals surface area contributed by atoms with Crippen LogP contribution in [0.25, 0.3) is 0 Å². The molecule has 36 heavy (non-hydrogen) atoms. The van der Waals surface area contributed by atoms with Gasteiger partial charge in [0.05, 0.1) is 0 Å². The molecule has 1 saturated heterocycles. The lowest BCUT2D eigenvalue weighted by molar-refractivity contribution is -0.128. The number of carbonyl (C=O) groups excluding carboxylic acids is 2. The number of anilines is 2. The zero-order chi connectivity index (χ0) is 24.9. The minimum Gasteiger partial charge on any atom is -0.385 e. The number of nitrogens with one attached hydrogen (secondary N) is 2. The molecule has 3 heterocycles. The van der Waals surface area contributed by atoms with Crippen molar-refractivity contribution >= 4 is 23.2 Å². The van der Waals surface area contributed by atoms with Crippen molar-refractivity contribution in [1.82, 2.24) is 15.2 Å². The largest absolute Gasteiger partial charge is 0.385 e. The van der Waals surface area contributed by atoms with Gasteiger partial charge in [-0.2, -0.15) is 5.26 Å². The van der Waals surface area contributed by atoms with Crippen LogP contribution in [0.3, 0.4) is 0 Å². The van der Waals surface area contributed by atoms with Crippen molar-refractivity contribution in [2.24, 2.45) is 0 Å². The topological polar surface area (TPSA) is 101 Å². The lowest BCUT2D eigenvalue weighted by atomic mass is 9.94. The molecule has 8 nitrogen and oxygen atoms in total. The first-order chi connectivity index (χ1) is 17.7. The summed E-state index contributed by atoms with van der Waals surface area (Å²) in [6, 6.07) is 8.26. The third-order valence-corrected chi connectivity index (χ3v) is 7.67. The van der Waals surface area contributed by atoms with E-state index in [9.17, 15) is 14.9 Å². The van der Waals surface area contributed by atoms with Crippen molar-refractivity contribution in [2.75, 3.05) is 23.3 Å². The van der Waals surface area contributed by atoms with Crippen LogP contribution in [-0.2, 0) is 16.0 Å². The lowest BCUT2D eigenvalue weighted by Gasteiger charge is -2.36. The number of hydrogen-bond acceptors (Lipinski definition) is 6. The molecule has 0 bridgehead atoms. The van der Waals surface area contributed by atoms with Crippen LogP contribution in [-0.4, -0.2) is 46.9 Å². The number of pyridine rings is 1. The van der Waals surface area contributed by atoms with Crippen LogP contribution in [0.2, 0.25) is 0 Å². The van der Waals surface area contributed by atoms with E-state index in [1.807, 2.05) is 24.3 Å². The van der Waals surface area contributed by atoms with Gasteiger partial charge in [0.25, 0.3) is 5.91 Å². The molecule has 2 fully saturated rings. The Balaban J connectivity index is 1.57. The molecule has 2 amide bonds. The average Bonchev–Trinajstić information content (AvgIpc) is 3.41. The summed E-state index contributed by atoms with van der Waals surface area (Å²) < 4.78 is 0. The summed E-state index contributed by atoms with van der Waals surface area (Å²) in [6.45, 7) is 1.43. The molecule has 1 aromatic carbocycles. The molecule has 1 aliphatic carbocycles. The Morgan fingerprint density at radius 3 is 2.78 bits per heavy atom. The maximum atomic E-state index is 14.2. The number of rotatable bonds is 6. The highest BCUT2D eigenvalue weighted by Gasteiger charge is 2.41. The number of aromatic nitrogens is 1. The Kier molecular flexibility index (Phi) is 7.36.